The molecule has 0 unspecified atom stereocenters. The van der Waals surface area contributed by atoms with Crippen LogP contribution in [0.4, 0.5) is 0 Å². The number of aryl methyl sites for hydroxylation is 3. The fourth-order valence-corrected chi connectivity index (χ4v) is 2.12. The zero-order valence-electron chi connectivity index (χ0n) is 11.8. The molecule has 2 rings (SSSR count). The average molecular weight is 301 g/mol. The summed E-state index contributed by atoms with van der Waals surface area (Å²) in [4.78, 5) is 4.63. The molecule has 0 aliphatic rings. The first-order valence-corrected chi connectivity index (χ1v) is 7.26. The van der Waals surface area contributed by atoms with Crippen molar-refractivity contribution in [2.24, 2.45) is 0 Å². The molecule has 0 saturated heterocycles. The summed E-state index contributed by atoms with van der Waals surface area (Å²) in [5.74, 6) is 0. The van der Waals surface area contributed by atoms with E-state index >= 15 is 0 Å². The van der Waals surface area contributed by atoms with Gasteiger partial charge in [0.2, 0.25) is 0 Å². The molecule has 0 N–H and O–H groups in total. The maximum Gasteiger partial charge on any atom is 0.328 e. The van der Waals surface area contributed by atoms with Gasteiger partial charge in [-0.05, 0) is 36.9 Å². The maximum absolute atomic E-state index is 8.49. The molecule has 20 heavy (non-hydrogen) atoms. The van der Waals surface area contributed by atoms with E-state index in [0.29, 0.717) is 0 Å². The third kappa shape index (κ3) is 4.66. The Morgan fingerprint density at radius 1 is 1.15 bits per heavy atom. The van der Waals surface area contributed by atoms with Crippen molar-refractivity contribution in [3.05, 3.63) is 40.8 Å². The van der Waals surface area contributed by atoms with Crippen LogP contribution in [0.1, 0.15) is 29.4 Å². The zero-order valence-corrected chi connectivity index (χ0v) is 12.6. The number of aromatic nitrogens is 2. The second-order valence-electron chi connectivity index (χ2n) is 4.42. The second kappa shape index (κ2) is 6.43. The van der Waals surface area contributed by atoms with E-state index in [9.17, 15) is 0 Å². The van der Waals surface area contributed by atoms with Crippen LogP contribution >= 0.6 is 0 Å². The summed E-state index contributed by atoms with van der Waals surface area (Å²) in [5, 5.41) is 0. The molecule has 0 aliphatic carbocycles. The first kappa shape index (κ1) is 16.7. The second-order valence-corrected chi connectivity index (χ2v) is 5.18. The highest BCUT2D eigenvalue weighted by atomic mass is 35.7. The summed E-state index contributed by atoms with van der Waals surface area (Å²) >= 11 is 0. The van der Waals surface area contributed by atoms with E-state index in [1.165, 1.54) is 16.8 Å². The lowest BCUT2D eigenvalue weighted by molar-refractivity contribution is -2.00. The van der Waals surface area contributed by atoms with Crippen LogP contribution in [-0.2, 0) is 6.42 Å². The number of hydrogen-bond acceptors (Lipinski definition) is 5. The van der Waals surface area contributed by atoms with Gasteiger partial charge in [-0.15, -0.1) is 10.2 Å². The topological polar surface area (TPSA) is 109 Å². The summed E-state index contributed by atoms with van der Waals surface area (Å²) in [6.45, 7) is 8.53. The van der Waals surface area contributed by atoms with Crippen molar-refractivity contribution in [1.29, 1.82) is 0 Å². The van der Waals surface area contributed by atoms with Crippen molar-refractivity contribution in [2.45, 2.75) is 34.1 Å². The summed E-state index contributed by atoms with van der Waals surface area (Å²) < 4.78 is 36.1. The molecule has 0 spiro atoms. The molecular formula is C13H17ClN2O4. The summed E-state index contributed by atoms with van der Waals surface area (Å²) in [6, 6.07) is 4.25. The van der Waals surface area contributed by atoms with Crippen LogP contribution in [0.5, 0.6) is 0 Å². The van der Waals surface area contributed by atoms with E-state index in [0.717, 1.165) is 17.8 Å². The number of rotatable bonds is 1. The highest BCUT2D eigenvalue weighted by molar-refractivity contribution is 5.36. The number of nitrogens with zero attached hydrogens (tertiary/aromatic N) is 2. The number of fused-ring (bicyclic) bond motifs is 1. The first-order valence-electron chi connectivity index (χ1n) is 6.03. The third-order valence-electron chi connectivity index (χ3n) is 2.96. The van der Waals surface area contributed by atoms with Gasteiger partial charge in [-0.25, -0.2) is 23.0 Å². The van der Waals surface area contributed by atoms with Crippen molar-refractivity contribution in [3.63, 3.8) is 0 Å². The highest BCUT2D eigenvalue weighted by Crippen LogP contribution is 2.10. The third-order valence-corrected chi connectivity index (χ3v) is 2.96. The molecule has 0 bridgehead atoms. The number of halogens is 1. The minimum absolute atomic E-state index is 1.04. The van der Waals surface area contributed by atoms with Crippen molar-refractivity contribution in [2.75, 3.05) is 0 Å². The van der Waals surface area contributed by atoms with Crippen molar-refractivity contribution in [3.8, 4) is 0 Å². The van der Waals surface area contributed by atoms with Gasteiger partial charge in [0, 0.05) is 18.6 Å². The number of hydrogen-bond donors (Lipinski definition) is 0. The minimum atomic E-state index is -4.94. The Balaban J connectivity index is 0.000000347. The van der Waals surface area contributed by atoms with Gasteiger partial charge in [0.05, 0.1) is 6.20 Å². The summed E-state index contributed by atoms with van der Waals surface area (Å²) in [7, 11) is -4.94. The predicted molar refractivity (Wildman–Crippen MR) is 61.0 cm³/mol. The van der Waals surface area contributed by atoms with Crippen LogP contribution in [0.15, 0.2) is 18.3 Å². The molecular weight excluding hydrogens is 284 g/mol. The molecule has 0 aliphatic heterocycles. The molecule has 0 radical (unpaired) electrons. The fourth-order valence-electron chi connectivity index (χ4n) is 2.12. The first-order chi connectivity index (χ1) is 9.13. The van der Waals surface area contributed by atoms with E-state index in [1.54, 1.807) is 0 Å². The van der Waals surface area contributed by atoms with Gasteiger partial charge in [0.1, 0.15) is 5.69 Å². The molecule has 0 aromatic carbocycles. The van der Waals surface area contributed by atoms with Gasteiger partial charge in [-0.3, -0.25) is 0 Å². The van der Waals surface area contributed by atoms with Crippen LogP contribution in [0.3, 0.4) is 0 Å². The Bertz CT molecular complexity index is 605. The Morgan fingerprint density at radius 2 is 1.70 bits per heavy atom. The minimum Gasteiger partial charge on any atom is -0.222 e. The van der Waals surface area contributed by atoms with E-state index in [-0.39, 0.29) is 0 Å². The van der Waals surface area contributed by atoms with Gasteiger partial charge in [-0.1, -0.05) is 6.92 Å². The Hall–Kier alpha value is -1.31. The molecule has 0 saturated carbocycles. The molecule has 6 nitrogen and oxygen atoms in total. The molecule has 0 amide bonds. The van der Waals surface area contributed by atoms with Gasteiger partial charge in [-0.2, -0.15) is 0 Å². The lowest BCUT2D eigenvalue weighted by Crippen LogP contribution is -2.68. The molecule has 110 valence electrons. The lowest BCUT2D eigenvalue weighted by Gasteiger charge is -2.17. The molecule has 2 aromatic rings. The molecule has 2 heterocycles. The Labute approximate surface area is 119 Å². The van der Waals surface area contributed by atoms with Crippen LogP contribution < -0.4 is 23.0 Å². The molecule has 0 atom stereocenters. The standard InChI is InChI=1S/C13H17N2.ClHO4/c1-5-12-10(3)14-13-8-9(2)6-7-15(13)11(12)4;2-1(3,4)5/h6-8H,5H2,1-4H3;(H,2,3,4,5)/q+1;/p-1. The van der Waals surface area contributed by atoms with Crippen LogP contribution in [0.2, 0.25) is 0 Å². The monoisotopic (exact) mass is 300 g/mol. The van der Waals surface area contributed by atoms with Crippen LogP contribution in [0.25, 0.3) is 5.65 Å². The molecule has 0 fully saturated rings. The Kier molecular flexibility index (Phi) is 5.38. The normalized spacial score (nSPS) is 11.2. The van der Waals surface area contributed by atoms with Crippen LogP contribution in [-0.4, -0.2) is 4.98 Å². The highest BCUT2D eigenvalue weighted by Gasteiger charge is 2.14. The van der Waals surface area contributed by atoms with Crippen molar-refractivity contribution in [1.82, 2.24) is 4.98 Å². The summed E-state index contributed by atoms with van der Waals surface area (Å²) in [6.07, 6.45) is 3.15. The zero-order chi connectivity index (χ0) is 15.5. The summed E-state index contributed by atoms with van der Waals surface area (Å²) in [5.41, 5.74) is 6.12. The van der Waals surface area contributed by atoms with Crippen molar-refractivity contribution >= 4 is 5.65 Å². The van der Waals surface area contributed by atoms with E-state index in [1.807, 2.05) is 0 Å². The lowest BCUT2D eigenvalue weighted by atomic mass is 10.1. The molecule has 7 heteroatoms. The van der Waals surface area contributed by atoms with Gasteiger partial charge >= 0.3 is 5.65 Å². The predicted octanol–water partition coefficient (Wildman–Crippen LogP) is -2.45. The van der Waals surface area contributed by atoms with E-state index < -0.39 is 10.2 Å². The Morgan fingerprint density at radius 3 is 2.20 bits per heavy atom. The number of pyridine rings is 1. The molecule has 2 aromatic heterocycles. The van der Waals surface area contributed by atoms with Gasteiger partial charge < -0.3 is 0 Å². The maximum atomic E-state index is 8.49. The van der Waals surface area contributed by atoms with Gasteiger partial charge in [0.15, 0.2) is 5.69 Å². The SMILES string of the molecule is CCc1c(C)nc2cc(C)cc[n+]2c1C.[O-][Cl+3]([O-])([O-])[O-]. The van der Waals surface area contributed by atoms with E-state index in [2.05, 4.69) is 55.4 Å². The van der Waals surface area contributed by atoms with E-state index in [4.69, 9.17) is 18.6 Å². The smallest absolute Gasteiger partial charge is 0.222 e. The van der Waals surface area contributed by atoms with Gasteiger partial charge in [0.25, 0.3) is 0 Å². The van der Waals surface area contributed by atoms with Crippen molar-refractivity contribution < 1.29 is 33.3 Å². The van der Waals surface area contributed by atoms with Crippen LogP contribution in [0, 0.1) is 31.0 Å². The quantitative estimate of drug-likeness (QED) is 0.543. The largest absolute Gasteiger partial charge is 0.328 e. The average Bonchev–Trinajstić information content (AvgIpc) is 2.26. The fraction of sp³-hybridized carbons (Fsp3) is 0.385.